The molecule has 1 aromatic carbocycles. The van der Waals surface area contributed by atoms with Gasteiger partial charge in [-0.15, -0.1) is 35.3 Å². The quantitative estimate of drug-likeness (QED) is 0.398. The summed E-state index contributed by atoms with van der Waals surface area (Å²) in [6, 6.07) is 10.1. The Hall–Kier alpha value is -1.35. The summed E-state index contributed by atoms with van der Waals surface area (Å²) in [5.41, 5.74) is 1.15. The predicted octanol–water partition coefficient (Wildman–Crippen LogP) is 3.73. The lowest BCUT2D eigenvalue weighted by atomic mass is 10.1. The summed E-state index contributed by atoms with van der Waals surface area (Å²) in [5.74, 6) is 1.94. The Kier molecular flexibility index (Phi) is 8.64. The first-order valence-electron chi connectivity index (χ1n) is 8.83. The minimum absolute atomic E-state index is 0. The van der Waals surface area contributed by atoms with E-state index in [-0.39, 0.29) is 30.1 Å². The maximum Gasteiger partial charge on any atom is 0.193 e. The smallest absolute Gasteiger partial charge is 0.193 e. The molecule has 1 saturated heterocycles. The monoisotopic (exact) mass is 486 g/mol. The van der Waals surface area contributed by atoms with Crippen LogP contribution in [0.25, 0.3) is 0 Å². The van der Waals surface area contributed by atoms with Gasteiger partial charge in [-0.2, -0.15) is 0 Å². The molecule has 1 aromatic heterocycles. The molecular formula is C19H27IN4OS. The molecule has 1 aliphatic heterocycles. The first-order valence-corrected chi connectivity index (χ1v) is 9.71. The van der Waals surface area contributed by atoms with Crippen molar-refractivity contribution in [2.24, 2.45) is 4.99 Å². The van der Waals surface area contributed by atoms with E-state index in [0.717, 1.165) is 61.3 Å². The fourth-order valence-electron chi connectivity index (χ4n) is 3.03. The Morgan fingerprint density at radius 2 is 2.04 bits per heavy atom. The SMILES string of the molecule is CN=C(NCCc1csc(C)n1)N1CCC(Oc2ccccc2)CC1.I. The Balaban J connectivity index is 0.00000243. The van der Waals surface area contributed by atoms with Gasteiger partial charge in [-0.3, -0.25) is 4.99 Å². The fraction of sp³-hybridized carbons (Fsp3) is 0.474. The minimum atomic E-state index is 0. The summed E-state index contributed by atoms with van der Waals surface area (Å²) in [4.78, 5) is 11.3. The summed E-state index contributed by atoms with van der Waals surface area (Å²) < 4.78 is 6.06. The van der Waals surface area contributed by atoms with Gasteiger partial charge in [0.1, 0.15) is 11.9 Å². The van der Waals surface area contributed by atoms with Crippen molar-refractivity contribution in [2.45, 2.75) is 32.3 Å². The van der Waals surface area contributed by atoms with Crippen molar-refractivity contribution >= 4 is 41.3 Å². The van der Waals surface area contributed by atoms with Crippen molar-refractivity contribution in [1.29, 1.82) is 0 Å². The number of aryl methyl sites for hydroxylation is 1. The minimum Gasteiger partial charge on any atom is -0.490 e. The van der Waals surface area contributed by atoms with Crippen LogP contribution in [0.2, 0.25) is 0 Å². The Morgan fingerprint density at radius 1 is 1.31 bits per heavy atom. The van der Waals surface area contributed by atoms with Crippen LogP contribution < -0.4 is 10.1 Å². The largest absolute Gasteiger partial charge is 0.490 e. The van der Waals surface area contributed by atoms with Crippen LogP contribution in [-0.4, -0.2) is 48.6 Å². The lowest BCUT2D eigenvalue weighted by Crippen LogP contribution is -2.47. The van der Waals surface area contributed by atoms with E-state index in [2.05, 4.69) is 25.6 Å². The van der Waals surface area contributed by atoms with Gasteiger partial charge in [0.25, 0.3) is 0 Å². The summed E-state index contributed by atoms with van der Waals surface area (Å²) in [7, 11) is 1.85. The number of aliphatic imine (C=N–C) groups is 1. The van der Waals surface area contributed by atoms with E-state index in [1.54, 1.807) is 11.3 Å². The second-order valence-corrected chi connectivity index (χ2v) is 7.26. The summed E-state index contributed by atoms with van der Waals surface area (Å²) in [5, 5.41) is 6.72. The number of rotatable bonds is 5. The molecular weight excluding hydrogens is 459 g/mol. The number of likely N-dealkylation sites (tertiary alicyclic amines) is 1. The van der Waals surface area contributed by atoms with Gasteiger partial charge in [-0.25, -0.2) is 4.98 Å². The first-order chi connectivity index (χ1) is 12.2. The van der Waals surface area contributed by atoms with E-state index in [0.29, 0.717) is 0 Å². The van der Waals surface area contributed by atoms with Gasteiger partial charge in [0.05, 0.1) is 10.7 Å². The molecule has 142 valence electrons. The van der Waals surface area contributed by atoms with E-state index < -0.39 is 0 Å². The number of benzene rings is 1. The number of guanidine groups is 1. The molecule has 1 aliphatic rings. The van der Waals surface area contributed by atoms with Crippen molar-refractivity contribution in [2.75, 3.05) is 26.7 Å². The predicted molar refractivity (Wildman–Crippen MR) is 119 cm³/mol. The number of halogens is 1. The van der Waals surface area contributed by atoms with Crippen molar-refractivity contribution in [3.8, 4) is 5.75 Å². The third kappa shape index (κ3) is 6.12. The number of nitrogens with one attached hydrogen (secondary N) is 1. The number of aromatic nitrogens is 1. The zero-order valence-corrected chi connectivity index (χ0v) is 18.5. The molecule has 26 heavy (non-hydrogen) atoms. The van der Waals surface area contributed by atoms with Gasteiger partial charge in [0.2, 0.25) is 0 Å². The van der Waals surface area contributed by atoms with Gasteiger partial charge in [-0.05, 0) is 19.1 Å². The zero-order chi connectivity index (χ0) is 17.5. The maximum absolute atomic E-state index is 6.06. The Labute approximate surface area is 176 Å². The summed E-state index contributed by atoms with van der Waals surface area (Å²) in [6.45, 7) is 4.83. The highest BCUT2D eigenvalue weighted by Crippen LogP contribution is 2.18. The summed E-state index contributed by atoms with van der Waals surface area (Å²) >= 11 is 1.70. The number of hydrogen-bond donors (Lipinski definition) is 1. The zero-order valence-electron chi connectivity index (χ0n) is 15.4. The van der Waals surface area contributed by atoms with E-state index in [1.165, 1.54) is 0 Å². The van der Waals surface area contributed by atoms with Crippen molar-refractivity contribution in [3.05, 3.63) is 46.4 Å². The molecule has 1 N–H and O–H groups in total. The molecule has 0 radical (unpaired) electrons. The highest BCUT2D eigenvalue weighted by Gasteiger charge is 2.22. The van der Waals surface area contributed by atoms with Gasteiger partial charge < -0.3 is 15.0 Å². The number of ether oxygens (including phenoxy) is 1. The second kappa shape index (κ2) is 10.7. The van der Waals surface area contributed by atoms with Crippen molar-refractivity contribution < 1.29 is 4.74 Å². The number of thiazole rings is 1. The summed E-state index contributed by atoms with van der Waals surface area (Å²) in [6.07, 6.45) is 3.24. The van der Waals surface area contributed by atoms with Gasteiger partial charge in [-0.1, -0.05) is 18.2 Å². The van der Waals surface area contributed by atoms with Crippen LogP contribution in [0.5, 0.6) is 5.75 Å². The van der Waals surface area contributed by atoms with E-state index in [4.69, 9.17) is 4.74 Å². The van der Waals surface area contributed by atoms with Gasteiger partial charge in [0, 0.05) is 51.3 Å². The van der Waals surface area contributed by atoms with Gasteiger partial charge >= 0.3 is 0 Å². The highest BCUT2D eigenvalue weighted by atomic mass is 127. The van der Waals surface area contributed by atoms with Crippen LogP contribution in [-0.2, 0) is 6.42 Å². The average molecular weight is 486 g/mol. The number of hydrogen-bond acceptors (Lipinski definition) is 4. The molecule has 0 amide bonds. The normalized spacial score (nSPS) is 15.5. The fourth-order valence-corrected chi connectivity index (χ4v) is 3.68. The number of para-hydroxylation sites is 1. The van der Waals surface area contributed by atoms with Crippen LogP contribution in [0.1, 0.15) is 23.5 Å². The maximum atomic E-state index is 6.06. The van der Waals surface area contributed by atoms with Crippen molar-refractivity contribution in [3.63, 3.8) is 0 Å². The van der Waals surface area contributed by atoms with E-state index in [1.807, 2.05) is 44.3 Å². The third-order valence-corrected chi connectivity index (χ3v) is 5.15. The van der Waals surface area contributed by atoms with Crippen LogP contribution in [0.4, 0.5) is 0 Å². The molecule has 7 heteroatoms. The Morgan fingerprint density at radius 3 is 2.65 bits per heavy atom. The molecule has 0 saturated carbocycles. The first kappa shape index (κ1) is 21.0. The molecule has 0 spiro atoms. The topological polar surface area (TPSA) is 49.8 Å². The van der Waals surface area contributed by atoms with E-state index in [9.17, 15) is 0 Å². The molecule has 0 aliphatic carbocycles. The highest BCUT2D eigenvalue weighted by molar-refractivity contribution is 14.0. The molecule has 2 aromatic rings. The standard InChI is InChI=1S/C19H26N4OS.HI/c1-15-22-16(14-25-15)8-11-21-19(20-2)23-12-9-18(10-13-23)24-17-6-4-3-5-7-17;/h3-7,14,18H,8-13H2,1-2H3,(H,20,21);1H. The lowest BCUT2D eigenvalue weighted by molar-refractivity contribution is 0.129. The molecule has 0 bridgehead atoms. The molecule has 2 heterocycles. The van der Waals surface area contributed by atoms with Crippen LogP contribution in [0, 0.1) is 6.92 Å². The van der Waals surface area contributed by atoms with E-state index >= 15 is 0 Å². The van der Waals surface area contributed by atoms with Gasteiger partial charge in [0.15, 0.2) is 5.96 Å². The number of nitrogens with zero attached hydrogens (tertiary/aromatic N) is 3. The third-order valence-electron chi connectivity index (χ3n) is 4.33. The molecule has 5 nitrogen and oxygen atoms in total. The number of piperidine rings is 1. The Bertz CT molecular complexity index is 684. The lowest BCUT2D eigenvalue weighted by Gasteiger charge is -2.34. The van der Waals surface area contributed by atoms with Crippen LogP contribution in [0.15, 0.2) is 40.7 Å². The van der Waals surface area contributed by atoms with Crippen LogP contribution in [0.3, 0.4) is 0 Å². The molecule has 0 unspecified atom stereocenters. The average Bonchev–Trinajstić information content (AvgIpc) is 3.06. The molecule has 3 rings (SSSR count). The second-order valence-electron chi connectivity index (χ2n) is 6.20. The van der Waals surface area contributed by atoms with Crippen LogP contribution >= 0.6 is 35.3 Å². The molecule has 0 atom stereocenters. The molecule has 1 fully saturated rings. The van der Waals surface area contributed by atoms with Crippen molar-refractivity contribution in [1.82, 2.24) is 15.2 Å².